The molecule has 22 N–H and O–H groups in total. The van der Waals surface area contributed by atoms with Gasteiger partial charge in [0.1, 0.15) is 0 Å². The van der Waals surface area contributed by atoms with Crippen molar-refractivity contribution in [1.82, 2.24) is 41.5 Å². The predicted octanol–water partition coefficient (Wildman–Crippen LogP) is -0.446. The molecule has 0 unspecified atom stereocenters. The molecule has 1 aromatic carbocycles. The van der Waals surface area contributed by atoms with E-state index in [1.165, 1.54) is 12.5 Å². The first-order valence-corrected chi connectivity index (χ1v) is 32.0. The van der Waals surface area contributed by atoms with E-state index in [4.69, 9.17) is 40.1 Å². The number of aliphatic hydroxyl groups is 1. The molecule has 3 aromatic rings. The second-order valence-corrected chi connectivity index (χ2v) is 24.8. The molecule has 0 spiro atoms. The average molecular weight is 1320 g/mol. The van der Waals surface area contributed by atoms with Crippen LogP contribution in [0.1, 0.15) is 143 Å². The van der Waals surface area contributed by atoms with Crippen molar-refractivity contribution in [3.05, 3.63) is 54.2 Å². The maximum Gasteiger partial charge on any atom is 0.226 e. The van der Waals surface area contributed by atoms with Gasteiger partial charge in [0.15, 0.2) is 40.8 Å². The van der Waals surface area contributed by atoms with E-state index in [9.17, 15) is 62.6 Å². The van der Waals surface area contributed by atoms with E-state index in [-0.39, 0.29) is 75.2 Å². The van der Waals surface area contributed by atoms with Gasteiger partial charge in [0.05, 0.1) is 67.3 Å². The molecule has 7 amide bonds. The zero-order valence-electron chi connectivity index (χ0n) is 55.2. The molecule has 0 fully saturated rings. The maximum atomic E-state index is 14.8. The second kappa shape index (κ2) is 40.2. The fourth-order valence-corrected chi connectivity index (χ4v) is 11.1. The van der Waals surface area contributed by atoms with Crippen molar-refractivity contribution in [3.63, 3.8) is 0 Å². The number of likely N-dealkylation sites (N-methyl/N-ethyl adjacent to an activating group) is 1. The number of fused-ring (bicyclic) bond motifs is 1. The first-order valence-electron chi connectivity index (χ1n) is 32.0. The summed E-state index contributed by atoms with van der Waals surface area (Å²) >= 11 is 0. The number of Topliss-reactive ketones (excluding diaryl/α,β-unsaturated/α-hetero) is 5. The molecule has 0 saturated carbocycles. The molecule has 3 rings (SSSR count). The minimum Gasteiger partial charge on any atom is -0.396 e. The number of nitrogens with zero attached hydrogens (tertiary/aromatic N) is 3. The molecular weight excluding hydrogens is 1210 g/mol. The quantitative estimate of drug-likeness (QED) is 0.0193. The molecule has 520 valence electrons. The molecule has 2 heterocycles. The van der Waals surface area contributed by atoms with Crippen molar-refractivity contribution in [2.45, 2.75) is 174 Å². The Morgan fingerprint density at radius 1 is 0.553 bits per heavy atom. The van der Waals surface area contributed by atoms with E-state index in [0.29, 0.717) is 36.9 Å². The van der Waals surface area contributed by atoms with Crippen LogP contribution in [0.2, 0.25) is 0 Å². The first-order chi connectivity index (χ1) is 44.4. The third-order valence-electron chi connectivity index (χ3n) is 17.0. The fraction of sp³-hybridized carbons (Fsp3) is 0.609. The van der Waals surface area contributed by atoms with Crippen molar-refractivity contribution < 1.29 is 62.6 Å². The summed E-state index contributed by atoms with van der Waals surface area (Å²) in [6.45, 7) is 10.2. The van der Waals surface area contributed by atoms with E-state index in [2.05, 4.69) is 51.5 Å². The van der Waals surface area contributed by atoms with Gasteiger partial charge in [-0.1, -0.05) is 72.6 Å². The van der Waals surface area contributed by atoms with Crippen molar-refractivity contribution in [3.8, 4) is 0 Å². The number of carbonyl (C=O) groups is 12. The minimum absolute atomic E-state index is 0.0307. The number of hydrogen-bond donors (Lipinski definition) is 15. The summed E-state index contributed by atoms with van der Waals surface area (Å²) < 4.78 is 0. The van der Waals surface area contributed by atoms with Crippen molar-refractivity contribution >= 4 is 93.1 Å². The Morgan fingerprint density at radius 3 is 1.65 bits per heavy atom. The third kappa shape index (κ3) is 27.0. The summed E-state index contributed by atoms with van der Waals surface area (Å²) in [7, 11) is 1.57. The highest BCUT2D eigenvalue weighted by Crippen LogP contribution is 2.27. The number of H-pyrrole nitrogens is 2. The number of para-hydroxylation sites is 1. The van der Waals surface area contributed by atoms with E-state index in [1.54, 1.807) is 60.9 Å². The number of aromatic amines is 2. The van der Waals surface area contributed by atoms with Gasteiger partial charge in [-0.15, -0.1) is 0 Å². The standard InChI is InChI=1S/C64H101N17O13/c1-8-35(5)44(28-53(86)49(29-56(66)89)80-59(91)37(14-12-18-74-63(68)69)23-51(84)47(20-34(3)4)78-61(93)41(32-82)26-50(83)46(72-7)17-13-19-75-64(70)71)62(94)81-57(36(6)9-2)54(87)25-39(21-42-31-73-33-77-42)60(92)79-48(52(85)24-38(58(67)90)27-55(65)88)22-40-30-76-45-16-11-10-15-43(40)45/h10-11,15-16,30-31,33-39,41,44,46-49,57,72,76,82H,8-9,12-14,17-29,32H2,1-7H3,(H2,65,88)(H2,66,89)(H2,67,90)(H,73,77)(H,78,93)(H,79,92)(H,80,91)(H,81,94)(H4,68,69,74)(H4,70,71,75)/t35-,36-,37+,38-,39+,41-,44-,46-,47-,48-,49-,57-/m0/s1. The molecule has 2 aromatic heterocycles. The SMILES string of the molecule is CC[C@H](C)[C@H](CC(=O)[C@H](CC(N)=O)NC(=O)[C@H](CCCN=C(N)N)CC(=O)[C@H](CC(C)C)NC(=O)[C@H](CO)CC(=O)[C@H](CCCN=C(N)N)NC)C(=O)N[C@H](C(=O)C[C@@H](Cc1cnc[nH]1)C(=O)N[C@@H](Cc1c[nH]c2ccccc12)C(=O)C[C@@H](CC(N)=O)C(N)=O)[C@@H](C)CC. The number of amides is 7. The largest absolute Gasteiger partial charge is 0.396 e. The van der Waals surface area contributed by atoms with Gasteiger partial charge in [0, 0.05) is 105 Å². The number of ketones is 5. The van der Waals surface area contributed by atoms with Crippen LogP contribution < -0.4 is 66.7 Å². The first kappa shape index (κ1) is 79.3. The lowest BCUT2D eigenvalue weighted by Crippen LogP contribution is -2.51. The van der Waals surface area contributed by atoms with Gasteiger partial charge in [-0.2, -0.15) is 0 Å². The fourth-order valence-electron chi connectivity index (χ4n) is 11.1. The van der Waals surface area contributed by atoms with Gasteiger partial charge < -0.3 is 81.8 Å². The van der Waals surface area contributed by atoms with Gasteiger partial charge in [0.25, 0.3) is 0 Å². The summed E-state index contributed by atoms with van der Waals surface area (Å²) in [5.74, 6) is -16.6. The van der Waals surface area contributed by atoms with Crippen LogP contribution in [0.3, 0.4) is 0 Å². The van der Waals surface area contributed by atoms with Crippen LogP contribution in [0.5, 0.6) is 0 Å². The highest BCUT2D eigenvalue weighted by atomic mass is 16.3. The summed E-state index contributed by atoms with van der Waals surface area (Å²) in [5.41, 5.74) is 40.5. The van der Waals surface area contributed by atoms with Crippen LogP contribution in [-0.4, -0.2) is 159 Å². The summed E-state index contributed by atoms with van der Waals surface area (Å²) in [5, 5.41) is 25.0. The minimum atomic E-state index is -1.62. The Kier molecular flexibility index (Phi) is 34.0. The molecule has 30 heteroatoms. The number of carbonyl (C=O) groups excluding carboxylic acids is 12. The van der Waals surface area contributed by atoms with Crippen molar-refractivity contribution in [2.24, 2.45) is 97.5 Å². The number of primary amides is 3. The number of aliphatic imine (C=N–C) groups is 2. The van der Waals surface area contributed by atoms with E-state index >= 15 is 0 Å². The molecule has 12 atom stereocenters. The van der Waals surface area contributed by atoms with E-state index in [0.717, 1.165) is 10.9 Å². The predicted molar refractivity (Wildman–Crippen MR) is 353 cm³/mol. The van der Waals surface area contributed by atoms with Crippen LogP contribution >= 0.6 is 0 Å². The third-order valence-corrected chi connectivity index (χ3v) is 17.0. The smallest absolute Gasteiger partial charge is 0.226 e. The Bertz CT molecular complexity index is 3100. The number of guanidine groups is 2. The number of benzene rings is 1. The van der Waals surface area contributed by atoms with Crippen LogP contribution in [0, 0.1) is 47.3 Å². The molecular formula is C64H101N17O13. The van der Waals surface area contributed by atoms with Gasteiger partial charge in [-0.25, -0.2) is 4.98 Å². The number of aromatic nitrogens is 3. The average Bonchev–Trinajstić information content (AvgIpc) is 1.65. The normalized spacial score (nSPS) is 15.2. The number of aliphatic hydroxyl groups excluding tert-OH is 1. The number of nitrogens with two attached hydrogens (primary N) is 7. The lowest BCUT2D eigenvalue weighted by Gasteiger charge is -2.30. The molecule has 0 aliphatic carbocycles. The summed E-state index contributed by atoms with van der Waals surface area (Å²) in [6.07, 6.45) is 2.33. The number of nitrogens with one attached hydrogen (secondary N) is 7. The van der Waals surface area contributed by atoms with Gasteiger partial charge in [-0.3, -0.25) is 67.5 Å². The monoisotopic (exact) mass is 1320 g/mol. The van der Waals surface area contributed by atoms with Gasteiger partial charge in [0.2, 0.25) is 41.4 Å². The molecule has 0 bridgehead atoms. The van der Waals surface area contributed by atoms with Crippen LogP contribution in [0.4, 0.5) is 0 Å². The maximum absolute atomic E-state index is 14.8. The molecule has 94 heavy (non-hydrogen) atoms. The van der Waals surface area contributed by atoms with Gasteiger partial charge >= 0.3 is 0 Å². The topological polar surface area (TPSA) is 537 Å². The van der Waals surface area contributed by atoms with Crippen LogP contribution in [-0.2, 0) is 70.4 Å². The molecule has 0 aliphatic rings. The molecule has 0 aliphatic heterocycles. The van der Waals surface area contributed by atoms with Crippen molar-refractivity contribution in [1.29, 1.82) is 0 Å². The second-order valence-electron chi connectivity index (χ2n) is 24.8. The highest BCUT2D eigenvalue weighted by Gasteiger charge is 2.39. The molecule has 0 saturated heterocycles. The Morgan fingerprint density at radius 2 is 1.09 bits per heavy atom. The lowest BCUT2D eigenvalue weighted by atomic mass is 9.83. The number of imidazole rings is 1. The van der Waals surface area contributed by atoms with Crippen LogP contribution in [0.25, 0.3) is 10.9 Å². The van der Waals surface area contributed by atoms with E-state index < -0.39 is 181 Å². The van der Waals surface area contributed by atoms with Gasteiger partial charge in [-0.05, 0) is 68.5 Å². The number of hydrogen-bond acceptors (Lipinski definition) is 17. The lowest BCUT2D eigenvalue weighted by molar-refractivity contribution is -0.138. The van der Waals surface area contributed by atoms with E-state index in [1.807, 2.05) is 18.2 Å². The summed E-state index contributed by atoms with van der Waals surface area (Å²) in [6, 6.07) is 1.18. The van der Waals surface area contributed by atoms with Crippen LogP contribution in [0.15, 0.2) is 53.0 Å². The Labute approximate surface area is 548 Å². The Balaban J connectivity index is 1.95. The zero-order valence-corrected chi connectivity index (χ0v) is 55.2. The highest BCUT2D eigenvalue weighted by molar-refractivity contribution is 6.00. The van der Waals surface area contributed by atoms with Crippen molar-refractivity contribution in [2.75, 3.05) is 26.7 Å². The molecule has 0 radical (unpaired) electrons. The summed E-state index contributed by atoms with van der Waals surface area (Å²) in [4.78, 5) is 184. The Hall–Kier alpha value is -8.93. The number of rotatable bonds is 48. The molecule has 30 nitrogen and oxygen atoms in total. The zero-order chi connectivity index (χ0) is 70.4.